The number of nitrogens with one attached hydrogen (secondary N) is 2. The summed E-state index contributed by atoms with van der Waals surface area (Å²) in [6.07, 6.45) is 2.83. The smallest absolute Gasteiger partial charge is 0.262 e. The first kappa shape index (κ1) is 19.7. The van der Waals surface area contributed by atoms with Gasteiger partial charge in [0.05, 0.1) is 30.8 Å². The van der Waals surface area contributed by atoms with Gasteiger partial charge in [-0.1, -0.05) is 32.9 Å². The van der Waals surface area contributed by atoms with Gasteiger partial charge in [0.15, 0.2) is 0 Å². The zero-order valence-electron chi connectivity index (χ0n) is 15.2. The van der Waals surface area contributed by atoms with Gasteiger partial charge in [-0.05, 0) is 17.5 Å². The van der Waals surface area contributed by atoms with Gasteiger partial charge in [-0.2, -0.15) is 0 Å². The van der Waals surface area contributed by atoms with Crippen LogP contribution < -0.4 is 14.8 Å². The van der Waals surface area contributed by atoms with E-state index in [-0.39, 0.29) is 21.6 Å². The van der Waals surface area contributed by atoms with E-state index in [0.717, 1.165) is 0 Å². The van der Waals surface area contributed by atoms with Gasteiger partial charge in [0, 0.05) is 12.6 Å². The maximum atomic E-state index is 12.8. The van der Waals surface area contributed by atoms with Crippen LogP contribution >= 0.6 is 0 Å². The molecule has 2 rings (SSSR count). The first-order valence-corrected chi connectivity index (χ1v) is 9.50. The molecular formula is C18H23N3O4S. The van der Waals surface area contributed by atoms with Gasteiger partial charge < -0.3 is 10.1 Å². The highest BCUT2D eigenvalue weighted by Gasteiger charge is 2.23. The van der Waals surface area contributed by atoms with Crippen molar-refractivity contribution in [1.82, 2.24) is 10.3 Å². The summed E-state index contributed by atoms with van der Waals surface area (Å²) in [5.41, 5.74) is 0.211. The van der Waals surface area contributed by atoms with Crippen molar-refractivity contribution < 1.29 is 17.9 Å². The molecule has 1 heterocycles. The largest absolute Gasteiger partial charge is 0.495 e. The molecule has 2 N–H and O–H groups in total. The Bertz CT molecular complexity index is 889. The second-order valence-electron chi connectivity index (χ2n) is 6.96. The number of amides is 1. The first-order valence-electron chi connectivity index (χ1n) is 8.01. The van der Waals surface area contributed by atoms with Crippen molar-refractivity contribution in [3.8, 4) is 5.75 Å². The molecule has 7 nitrogen and oxygen atoms in total. The Kier molecular flexibility index (Phi) is 5.86. The predicted molar refractivity (Wildman–Crippen MR) is 99.8 cm³/mol. The van der Waals surface area contributed by atoms with E-state index in [1.165, 1.54) is 37.7 Å². The maximum absolute atomic E-state index is 12.8. The minimum atomic E-state index is -3.97. The van der Waals surface area contributed by atoms with E-state index in [1.54, 1.807) is 12.1 Å². The lowest BCUT2D eigenvalue weighted by atomic mass is 9.97. The molecule has 0 saturated carbocycles. The van der Waals surface area contributed by atoms with Crippen LogP contribution in [0.15, 0.2) is 47.6 Å². The van der Waals surface area contributed by atoms with Crippen molar-refractivity contribution in [2.24, 2.45) is 5.41 Å². The Morgan fingerprint density at radius 3 is 2.54 bits per heavy atom. The summed E-state index contributed by atoms with van der Waals surface area (Å²) in [6.45, 7) is 6.36. The lowest BCUT2D eigenvalue weighted by Gasteiger charge is -2.19. The van der Waals surface area contributed by atoms with Crippen LogP contribution in [0.2, 0.25) is 0 Å². The van der Waals surface area contributed by atoms with Crippen LogP contribution in [0.3, 0.4) is 0 Å². The number of carbonyl (C=O) groups is 1. The molecule has 0 unspecified atom stereocenters. The quantitative estimate of drug-likeness (QED) is 0.807. The van der Waals surface area contributed by atoms with Crippen molar-refractivity contribution >= 4 is 21.6 Å². The van der Waals surface area contributed by atoms with Crippen LogP contribution in [0.25, 0.3) is 0 Å². The van der Waals surface area contributed by atoms with E-state index < -0.39 is 15.9 Å². The number of pyridine rings is 1. The van der Waals surface area contributed by atoms with Gasteiger partial charge in [-0.15, -0.1) is 0 Å². The van der Waals surface area contributed by atoms with Gasteiger partial charge in [-0.25, -0.2) is 8.42 Å². The van der Waals surface area contributed by atoms with Gasteiger partial charge in [-0.3, -0.25) is 14.5 Å². The lowest BCUT2D eigenvalue weighted by molar-refractivity contribution is 0.0936. The highest BCUT2D eigenvalue weighted by molar-refractivity contribution is 7.92. The first-order chi connectivity index (χ1) is 12.1. The Balaban J connectivity index is 2.30. The third kappa shape index (κ3) is 5.19. The average Bonchev–Trinajstić information content (AvgIpc) is 2.59. The molecule has 0 spiro atoms. The number of methoxy groups -OCH3 is 1. The summed E-state index contributed by atoms with van der Waals surface area (Å²) in [4.78, 5) is 16.3. The van der Waals surface area contributed by atoms with Crippen LogP contribution in [0, 0.1) is 5.41 Å². The number of sulfonamides is 1. The molecular weight excluding hydrogens is 354 g/mol. The van der Waals surface area contributed by atoms with E-state index in [2.05, 4.69) is 15.0 Å². The van der Waals surface area contributed by atoms with Crippen molar-refractivity contribution in [3.63, 3.8) is 0 Å². The predicted octanol–water partition coefficient (Wildman–Crippen LogP) is 2.67. The van der Waals surface area contributed by atoms with Gasteiger partial charge in [0.25, 0.3) is 15.9 Å². The van der Waals surface area contributed by atoms with Crippen LogP contribution in [0.5, 0.6) is 5.75 Å². The summed E-state index contributed by atoms with van der Waals surface area (Å²) in [7, 11) is -2.51. The number of nitrogens with zero attached hydrogens (tertiary/aromatic N) is 1. The Hall–Kier alpha value is -2.61. The molecule has 1 aromatic heterocycles. The molecule has 8 heteroatoms. The SMILES string of the molecule is COc1cncc(NS(=O)(=O)c2ccccc2C(=O)NCC(C)(C)C)c1. The molecule has 0 bridgehead atoms. The number of anilines is 1. The molecule has 2 aromatic rings. The fourth-order valence-electron chi connectivity index (χ4n) is 2.13. The van der Waals surface area contributed by atoms with E-state index >= 15 is 0 Å². The van der Waals surface area contributed by atoms with E-state index in [9.17, 15) is 13.2 Å². The average molecular weight is 377 g/mol. The molecule has 26 heavy (non-hydrogen) atoms. The molecule has 0 radical (unpaired) electrons. The Morgan fingerprint density at radius 1 is 1.19 bits per heavy atom. The highest BCUT2D eigenvalue weighted by atomic mass is 32.2. The fraction of sp³-hybridized carbons (Fsp3) is 0.333. The van der Waals surface area contributed by atoms with E-state index in [1.807, 2.05) is 20.8 Å². The number of ether oxygens (including phenoxy) is 1. The second kappa shape index (κ2) is 7.74. The molecule has 1 amide bonds. The van der Waals surface area contributed by atoms with Crippen LogP contribution in [0.1, 0.15) is 31.1 Å². The zero-order valence-corrected chi connectivity index (χ0v) is 16.1. The van der Waals surface area contributed by atoms with Gasteiger partial charge in [0.1, 0.15) is 10.6 Å². The normalized spacial score (nSPS) is 11.7. The zero-order chi connectivity index (χ0) is 19.4. The van der Waals surface area contributed by atoms with Crippen LogP contribution in [-0.4, -0.2) is 33.0 Å². The summed E-state index contributed by atoms with van der Waals surface area (Å²) in [5, 5.41) is 2.77. The standard InChI is InChI=1S/C18H23N3O4S/c1-18(2,3)12-20-17(22)15-7-5-6-8-16(15)26(23,24)21-13-9-14(25-4)11-19-10-13/h5-11,21H,12H2,1-4H3,(H,20,22). The minimum absolute atomic E-state index is 0.0834. The van der Waals surface area contributed by atoms with Crippen molar-refractivity contribution in [2.45, 2.75) is 25.7 Å². The molecule has 0 fully saturated rings. The Labute approximate surface area is 153 Å². The molecule has 0 aliphatic heterocycles. The molecule has 0 aliphatic carbocycles. The second-order valence-corrected chi connectivity index (χ2v) is 8.61. The summed E-state index contributed by atoms with van der Waals surface area (Å²) >= 11 is 0. The number of rotatable bonds is 6. The number of hydrogen-bond acceptors (Lipinski definition) is 5. The maximum Gasteiger partial charge on any atom is 0.262 e. The molecule has 1 aromatic carbocycles. The topological polar surface area (TPSA) is 97.4 Å². The fourth-order valence-corrected chi connectivity index (χ4v) is 3.37. The van der Waals surface area contributed by atoms with Crippen molar-refractivity contribution in [1.29, 1.82) is 0 Å². The third-order valence-corrected chi connectivity index (χ3v) is 4.84. The summed E-state index contributed by atoms with van der Waals surface area (Å²) in [5.74, 6) is -0.0222. The van der Waals surface area contributed by atoms with E-state index in [0.29, 0.717) is 12.3 Å². The number of benzene rings is 1. The van der Waals surface area contributed by atoms with Crippen LogP contribution in [0.4, 0.5) is 5.69 Å². The van der Waals surface area contributed by atoms with Gasteiger partial charge >= 0.3 is 0 Å². The molecule has 140 valence electrons. The molecule has 0 aliphatic rings. The van der Waals surface area contributed by atoms with Crippen molar-refractivity contribution in [2.75, 3.05) is 18.4 Å². The summed E-state index contributed by atoms with van der Waals surface area (Å²) in [6, 6.07) is 7.57. The number of carbonyl (C=O) groups excluding carboxylic acids is 1. The minimum Gasteiger partial charge on any atom is -0.495 e. The third-order valence-electron chi connectivity index (χ3n) is 3.40. The Morgan fingerprint density at radius 2 is 1.88 bits per heavy atom. The summed E-state index contributed by atoms with van der Waals surface area (Å²) < 4.78 is 33.0. The van der Waals surface area contributed by atoms with Gasteiger partial charge in [0.2, 0.25) is 0 Å². The highest BCUT2D eigenvalue weighted by Crippen LogP contribution is 2.22. The monoisotopic (exact) mass is 377 g/mol. The molecule has 0 saturated heterocycles. The number of aromatic nitrogens is 1. The van der Waals surface area contributed by atoms with E-state index in [4.69, 9.17) is 4.74 Å². The lowest BCUT2D eigenvalue weighted by Crippen LogP contribution is -2.33. The number of hydrogen-bond donors (Lipinski definition) is 2. The van der Waals surface area contributed by atoms with Crippen LogP contribution in [-0.2, 0) is 10.0 Å². The molecule has 0 atom stereocenters. The van der Waals surface area contributed by atoms with Crippen molar-refractivity contribution in [3.05, 3.63) is 48.3 Å².